The minimum atomic E-state index is -0.907. The Labute approximate surface area is 101 Å². The highest BCUT2D eigenvalue weighted by atomic mass is 16.5. The maximum absolute atomic E-state index is 12.1. The second-order valence-electron chi connectivity index (χ2n) is 4.48. The predicted molar refractivity (Wildman–Crippen MR) is 65.6 cm³/mol. The number of rotatable bonds is 2. The molecule has 0 saturated carbocycles. The van der Waals surface area contributed by atoms with Gasteiger partial charge in [-0.3, -0.25) is 5.21 Å². The minimum absolute atomic E-state index is 0.542. The van der Waals surface area contributed by atoms with Crippen LogP contribution in [0.3, 0.4) is 0 Å². The Morgan fingerprint density at radius 1 is 1.29 bits per heavy atom. The van der Waals surface area contributed by atoms with Crippen molar-refractivity contribution < 1.29 is 14.7 Å². The normalized spacial score (nSPS) is 24.6. The van der Waals surface area contributed by atoms with Crippen molar-refractivity contribution in [3.63, 3.8) is 0 Å². The van der Waals surface area contributed by atoms with Crippen molar-refractivity contribution in [2.45, 2.75) is 32.9 Å². The smallest absolute Gasteiger partial charge is 0.404 e. The largest absolute Gasteiger partial charge is 0.618 e. The molecule has 0 fully saturated rings. The van der Waals surface area contributed by atoms with E-state index in [0.29, 0.717) is 17.8 Å². The lowest BCUT2D eigenvalue weighted by Gasteiger charge is -2.14. The summed E-state index contributed by atoms with van der Waals surface area (Å²) < 4.78 is 1.97. The first-order chi connectivity index (χ1) is 8.02. The molecular formula is C13H17N2O2+. The lowest BCUT2D eigenvalue weighted by atomic mass is 10.1. The second-order valence-corrected chi connectivity index (χ2v) is 4.48. The van der Waals surface area contributed by atoms with E-state index in [1.165, 1.54) is 0 Å². The highest BCUT2D eigenvalue weighted by Gasteiger charge is 2.55. The first-order valence-electron chi connectivity index (χ1n) is 5.75. The van der Waals surface area contributed by atoms with Crippen molar-refractivity contribution in [2.75, 3.05) is 0 Å². The summed E-state index contributed by atoms with van der Waals surface area (Å²) in [5.41, 5.74) is 1.08. The predicted octanol–water partition coefficient (Wildman–Crippen LogP) is 1.99. The molecule has 1 N–H and O–H groups in total. The number of nitrogens with zero attached hydrogens (tertiary/aromatic N) is 2. The fourth-order valence-electron chi connectivity index (χ4n) is 2.16. The Balaban J connectivity index is 2.63. The third kappa shape index (κ3) is 1.52. The molecule has 17 heavy (non-hydrogen) atoms. The summed E-state index contributed by atoms with van der Waals surface area (Å²) in [6.45, 7) is 5.36. The Kier molecular flexibility index (Phi) is 2.65. The molecule has 0 spiro atoms. The van der Waals surface area contributed by atoms with Crippen LogP contribution in [0.1, 0.15) is 32.8 Å². The third-order valence-corrected chi connectivity index (χ3v) is 3.47. The summed E-state index contributed by atoms with van der Waals surface area (Å²) >= 11 is 0. The van der Waals surface area contributed by atoms with E-state index in [2.05, 4.69) is 0 Å². The van der Waals surface area contributed by atoms with Gasteiger partial charge in [0.2, 0.25) is 0 Å². The van der Waals surface area contributed by atoms with E-state index in [9.17, 15) is 10.4 Å². The molecular weight excluding hydrogens is 216 g/mol. The van der Waals surface area contributed by atoms with Crippen LogP contribution in [0, 0.1) is 5.21 Å². The van der Waals surface area contributed by atoms with E-state index < -0.39 is 5.66 Å². The Morgan fingerprint density at radius 2 is 1.88 bits per heavy atom. The molecule has 1 aromatic rings. The molecule has 2 rings (SSSR count). The molecule has 0 amide bonds. The zero-order chi connectivity index (χ0) is 12.6. The van der Waals surface area contributed by atoms with Crippen molar-refractivity contribution >= 4 is 11.4 Å². The highest BCUT2D eigenvalue weighted by molar-refractivity contribution is 6.44. The van der Waals surface area contributed by atoms with Gasteiger partial charge in [0.05, 0.1) is 23.6 Å². The molecule has 1 aliphatic heterocycles. The van der Waals surface area contributed by atoms with Crippen LogP contribution in [0.2, 0.25) is 0 Å². The van der Waals surface area contributed by atoms with Gasteiger partial charge in [-0.1, -0.05) is 25.1 Å². The SMILES string of the molecule is CC[C@@]1(C)[N+]([O-])=C(C)C(c2ccccc2)=[N+]1O. The van der Waals surface area contributed by atoms with Gasteiger partial charge in [0, 0.05) is 6.92 Å². The molecule has 0 bridgehead atoms. The summed E-state index contributed by atoms with van der Waals surface area (Å²) in [5, 5.41) is 22.3. The van der Waals surface area contributed by atoms with Crippen LogP contribution in [0.25, 0.3) is 0 Å². The van der Waals surface area contributed by atoms with Gasteiger partial charge in [0.15, 0.2) is 0 Å². The van der Waals surface area contributed by atoms with E-state index in [-0.39, 0.29) is 0 Å². The van der Waals surface area contributed by atoms with Crippen LogP contribution in [0.15, 0.2) is 30.3 Å². The van der Waals surface area contributed by atoms with Crippen molar-refractivity contribution in [2.24, 2.45) is 0 Å². The Morgan fingerprint density at radius 3 is 2.35 bits per heavy atom. The zero-order valence-corrected chi connectivity index (χ0v) is 10.3. The number of benzene rings is 1. The quantitative estimate of drug-likeness (QED) is 0.482. The van der Waals surface area contributed by atoms with Crippen LogP contribution < -0.4 is 0 Å². The second kappa shape index (κ2) is 3.87. The number of hydrogen-bond donors (Lipinski definition) is 1. The monoisotopic (exact) mass is 233 g/mol. The van der Waals surface area contributed by atoms with Gasteiger partial charge < -0.3 is 5.21 Å². The molecule has 0 unspecified atom stereocenters. The molecule has 90 valence electrons. The van der Waals surface area contributed by atoms with Crippen LogP contribution >= 0.6 is 0 Å². The van der Waals surface area contributed by atoms with Crippen LogP contribution in [-0.2, 0) is 0 Å². The van der Waals surface area contributed by atoms with Crippen LogP contribution in [0.5, 0.6) is 0 Å². The minimum Gasteiger partial charge on any atom is -0.618 e. The third-order valence-electron chi connectivity index (χ3n) is 3.47. The van der Waals surface area contributed by atoms with Crippen molar-refractivity contribution in [1.82, 2.24) is 0 Å². The van der Waals surface area contributed by atoms with Gasteiger partial charge in [-0.25, -0.2) is 0 Å². The van der Waals surface area contributed by atoms with Crippen LogP contribution in [0.4, 0.5) is 0 Å². The topological polar surface area (TPSA) is 49.3 Å². The lowest BCUT2D eigenvalue weighted by Crippen LogP contribution is -2.42. The standard InChI is InChI=1S/C13H17N2O2/c1-4-13(3)14(16)10(2)12(15(13)17)11-8-6-5-7-9-11/h5-9,17H,4H2,1-3H3/q+1/t13-/m0/s1. The van der Waals surface area contributed by atoms with Crippen LogP contribution in [-0.4, -0.2) is 31.8 Å². The molecule has 4 heteroatoms. The fourth-order valence-corrected chi connectivity index (χ4v) is 2.16. The first-order valence-corrected chi connectivity index (χ1v) is 5.75. The molecule has 0 saturated heterocycles. The number of hydrogen-bond acceptors (Lipinski definition) is 2. The average molecular weight is 233 g/mol. The van der Waals surface area contributed by atoms with E-state index in [0.717, 1.165) is 15.0 Å². The highest BCUT2D eigenvalue weighted by Crippen LogP contribution is 2.22. The van der Waals surface area contributed by atoms with Crippen molar-refractivity contribution in [3.05, 3.63) is 41.1 Å². The van der Waals surface area contributed by atoms with Gasteiger partial charge >= 0.3 is 11.4 Å². The van der Waals surface area contributed by atoms with E-state index in [1.54, 1.807) is 13.8 Å². The van der Waals surface area contributed by atoms with Gasteiger partial charge in [-0.15, -0.1) is 4.74 Å². The summed E-state index contributed by atoms with van der Waals surface area (Å²) in [7, 11) is 0. The van der Waals surface area contributed by atoms with Gasteiger partial charge in [0.25, 0.3) is 5.71 Å². The van der Waals surface area contributed by atoms with Gasteiger partial charge in [0.1, 0.15) is 0 Å². The molecule has 4 nitrogen and oxygen atoms in total. The maximum atomic E-state index is 12.1. The van der Waals surface area contributed by atoms with Crippen molar-refractivity contribution in [3.8, 4) is 0 Å². The summed E-state index contributed by atoms with van der Waals surface area (Å²) in [6.07, 6.45) is 0.542. The molecule has 1 heterocycles. The van der Waals surface area contributed by atoms with Gasteiger partial charge in [-0.05, 0) is 12.1 Å². The molecule has 1 aromatic carbocycles. The van der Waals surface area contributed by atoms with Gasteiger partial charge in [-0.2, -0.15) is 0 Å². The van der Waals surface area contributed by atoms with E-state index in [4.69, 9.17) is 0 Å². The fraction of sp³-hybridized carbons (Fsp3) is 0.385. The van der Waals surface area contributed by atoms with E-state index >= 15 is 0 Å². The average Bonchev–Trinajstić information content (AvgIpc) is 2.53. The van der Waals surface area contributed by atoms with E-state index in [1.807, 2.05) is 37.3 Å². The Bertz CT molecular complexity index is 505. The zero-order valence-electron chi connectivity index (χ0n) is 10.3. The lowest BCUT2D eigenvalue weighted by molar-refractivity contribution is -0.919. The number of hydroxylamine groups is 2. The summed E-state index contributed by atoms with van der Waals surface area (Å²) in [6, 6.07) is 9.46. The maximum Gasteiger partial charge on any atom is 0.404 e. The summed E-state index contributed by atoms with van der Waals surface area (Å²) in [5.74, 6) is 0. The molecule has 1 aliphatic rings. The Hall–Kier alpha value is -1.84. The molecule has 0 aromatic heterocycles. The molecule has 1 atom stereocenters. The summed E-state index contributed by atoms with van der Waals surface area (Å²) in [4.78, 5) is 0. The molecule has 0 aliphatic carbocycles. The first kappa shape index (κ1) is 11.6. The molecule has 0 radical (unpaired) electrons. The van der Waals surface area contributed by atoms with Crippen molar-refractivity contribution in [1.29, 1.82) is 0 Å².